The number of aliphatic hydroxyl groups excluding tert-OH is 1. The molecule has 1 aromatic carbocycles. The molecule has 15 heavy (non-hydrogen) atoms. The zero-order valence-electron chi connectivity index (χ0n) is 8.23. The molecule has 1 atom stereocenters. The summed E-state index contributed by atoms with van der Waals surface area (Å²) < 4.78 is 16.7. The molecular weight excluding hydrogens is 199 g/mol. The van der Waals surface area contributed by atoms with E-state index in [1.54, 1.807) is 0 Å². The number of hydrogen-bond acceptors (Lipinski definition) is 3. The maximum absolute atomic E-state index is 11.9. The molecule has 1 N–H and O–H groups in total. The molecule has 3 nitrogen and oxygen atoms in total. The van der Waals surface area contributed by atoms with E-state index in [0.29, 0.717) is 0 Å². The molecule has 0 spiro atoms. The Kier molecular flexibility index (Phi) is 4.77. The van der Waals surface area contributed by atoms with Gasteiger partial charge in [0.25, 0.3) is 0 Å². The number of halogens is 1. The first kappa shape index (κ1) is 11.7. The molecule has 0 aliphatic carbocycles. The molecule has 0 saturated carbocycles. The fraction of sp³-hybridized carbons (Fsp3) is 0.364. The second-order valence-corrected chi connectivity index (χ2v) is 3.16. The van der Waals surface area contributed by atoms with Gasteiger partial charge in [0.2, 0.25) is 0 Å². The first-order valence-corrected chi connectivity index (χ1v) is 4.66. The minimum Gasteiger partial charge on any atom is -0.461 e. The van der Waals surface area contributed by atoms with Crippen LogP contribution in [0.5, 0.6) is 0 Å². The number of rotatable bonds is 5. The van der Waals surface area contributed by atoms with Gasteiger partial charge in [-0.25, -0.2) is 4.39 Å². The summed E-state index contributed by atoms with van der Waals surface area (Å²) >= 11 is 0. The minimum atomic E-state index is -1.26. The summed E-state index contributed by atoms with van der Waals surface area (Å²) in [6.45, 7) is -0.779. The standard InChI is InChI=1S/C11H13FO3/c12-7-10(13)6-11(14)15-8-9-4-2-1-3-5-9/h1-5,10,13H,6-8H2. The van der Waals surface area contributed by atoms with Crippen molar-refractivity contribution in [3.05, 3.63) is 35.9 Å². The van der Waals surface area contributed by atoms with Gasteiger partial charge in [0.15, 0.2) is 0 Å². The maximum atomic E-state index is 11.9. The van der Waals surface area contributed by atoms with Gasteiger partial charge in [-0.2, -0.15) is 0 Å². The van der Waals surface area contributed by atoms with E-state index < -0.39 is 18.7 Å². The van der Waals surface area contributed by atoms with Crippen molar-refractivity contribution in [2.45, 2.75) is 19.1 Å². The van der Waals surface area contributed by atoms with Crippen molar-refractivity contribution in [1.82, 2.24) is 0 Å². The highest BCUT2D eigenvalue weighted by atomic mass is 19.1. The quantitative estimate of drug-likeness (QED) is 0.751. The van der Waals surface area contributed by atoms with Gasteiger partial charge in [0.1, 0.15) is 13.3 Å². The summed E-state index contributed by atoms with van der Waals surface area (Å²) in [6.07, 6.45) is -1.56. The molecule has 0 fully saturated rings. The summed E-state index contributed by atoms with van der Waals surface area (Å²) in [5, 5.41) is 8.85. The first-order chi connectivity index (χ1) is 7.22. The van der Waals surface area contributed by atoms with Gasteiger partial charge in [-0.05, 0) is 5.56 Å². The summed E-state index contributed by atoms with van der Waals surface area (Å²) in [6, 6.07) is 9.16. The van der Waals surface area contributed by atoms with E-state index in [9.17, 15) is 9.18 Å². The lowest BCUT2D eigenvalue weighted by molar-refractivity contribution is -0.147. The van der Waals surface area contributed by atoms with Crippen molar-refractivity contribution >= 4 is 5.97 Å². The van der Waals surface area contributed by atoms with Crippen LogP contribution < -0.4 is 0 Å². The number of ether oxygens (including phenoxy) is 1. The van der Waals surface area contributed by atoms with Crippen LogP contribution in [0.4, 0.5) is 4.39 Å². The van der Waals surface area contributed by atoms with Crippen molar-refractivity contribution in [3.8, 4) is 0 Å². The molecule has 1 rings (SSSR count). The Morgan fingerprint density at radius 3 is 2.67 bits per heavy atom. The van der Waals surface area contributed by atoms with Gasteiger partial charge in [-0.1, -0.05) is 30.3 Å². The number of aliphatic hydroxyl groups is 1. The highest BCUT2D eigenvalue weighted by molar-refractivity contribution is 5.69. The third-order valence-electron chi connectivity index (χ3n) is 1.82. The Bertz CT molecular complexity index is 300. The van der Waals surface area contributed by atoms with E-state index in [-0.39, 0.29) is 13.0 Å². The molecule has 0 bridgehead atoms. The predicted octanol–water partition coefficient (Wildman–Crippen LogP) is 1.45. The lowest BCUT2D eigenvalue weighted by Crippen LogP contribution is -2.17. The zero-order valence-corrected chi connectivity index (χ0v) is 8.23. The number of hydrogen-bond donors (Lipinski definition) is 1. The molecule has 0 aliphatic rings. The monoisotopic (exact) mass is 212 g/mol. The van der Waals surface area contributed by atoms with E-state index in [1.807, 2.05) is 30.3 Å². The zero-order chi connectivity index (χ0) is 11.1. The van der Waals surface area contributed by atoms with Gasteiger partial charge in [-0.3, -0.25) is 4.79 Å². The Labute approximate surface area is 87.5 Å². The Morgan fingerprint density at radius 2 is 2.07 bits per heavy atom. The van der Waals surface area contributed by atoms with Crippen LogP contribution in [0.3, 0.4) is 0 Å². The largest absolute Gasteiger partial charge is 0.461 e. The second-order valence-electron chi connectivity index (χ2n) is 3.16. The van der Waals surface area contributed by atoms with Gasteiger partial charge >= 0.3 is 5.97 Å². The van der Waals surface area contributed by atoms with Crippen molar-refractivity contribution in [2.24, 2.45) is 0 Å². The summed E-state index contributed by atoms with van der Waals surface area (Å²) in [7, 11) is 0. The summed E-state index contributed by atoms with van der Waals surface area (Å²) in [5.74, 6) is -0.594. The molecule has 1 unspecified atom stereocenters. The molecular formula is C11H13FO3. The van der Waals surface area contributed by atoms with Gasteiger partial charge in [0, 0.05) is 0 Å². The number of carbonyl (C=O) groups is 1. The normalized spacial score (nSPS) is 12.1. The van der Waals surface area contributed by atoms with E-state index in [2.05, 4.69) is 0 Å². The molecule has 0 aliphatic heterocycles. The number of esters is 1. The molecule has 0 aromatic heterocycles. The third kappa shape index (κ3) is 4.56. The van der Waals surface area contributed by atoms with Crippen molar-refractivity contribution in [3.63, 3.8) is 0 Å². The van der Waals surface area contributed by atoms with Crippen LogP contribution in [-0.2, 0) is 16.1 Å². The molecule has 4 heteroatoms. The van der Waals surface area contributed by atoms with Gasteiger partial charge < -0.3 is 9.84 Å². The van der Waals surface area contributed by atoms with E-state index in [1.165, 1.54) is 0 Å². The van der Waals surface area contributed by atoms with Crippen LogP contribution in [0.25, 0.3) is 0 Å². The summed E-state index contributed by atoms with van der Waals surface area (Å²) in [4.78, 5) is 11.0. The smallest absolute Gasteiger partial charge is 0.308 e. The average molecular weight is 212 g/mol. The molecule has 0 amide bonds. The van der Waals surface area contributed by atoms with Crippen molar-refractivity contribution in [2.75, 3.05) is 6.67 Å². The van der Waals surface area contributed by atoms with Crippen LogP contribution in [0.15, 0.2) is 30.3 Å². The van der Waals surface area contributed by atoms with E-state index in [0.717, 1.165) is 5.56 Å². The van der Waals surface area contributed by atoms with Crippen molar-refractivity contribution < 1.29 is 19.0 Å². The van der Waals surface area contributed by atoms with Crippen LogP contribution >= 0.6 is 0 Å². The summed E-state index contributed by atoms with van der Waals surface area (Å²) in [5.41, 5.74) is 0.862. The molecule has 0 radical (unpaired) electrons. The van der Waals surface area contributed by atoms with Gasteiger partial charge in [-0.15, -0.1) is 0 Å². The van der Waals surface area contributed by atoms with Crippen molar-refractivity contribution in [1.29, 1.82) is 0 Å². The molecule has 82 valence electrons. The predicted molar refractivity (Wildman–Crippen MR) is 52.8 cm³/mol. The second kappa shape index (κ2) is 6.14. The van der Waals surface area contributed by atoms with Crippen LogP contribution in [0.2, 0.25) is 0 Å². The van der Waals surface area contributed by atoms with Gasteiger partial charge in [0.05, 0.1) is 12.5 Å². The number of alkyl halides is 1. The third-order valence-corrected chi connectivity index (χ3v) is 1.82. The topological polar surface area (TPSA) is 46.5 Å². The SMILES string of the molecule is O=C(CC(O)CF)OCc1ccccc1. The van der Waals surface area contributed by atoms with Crippen LogP contribution in [0, 0.1) is 0 Å². The highest BCUT2D eigenvalue weighted by Crippen LogP contribution is 2.03. The fourth-order valence-electron chi connectivity index (χ4n) is 1.04. The maximum Gasteiger partial charge on any atom is 0.308 e. The molecule has 0 saturated heterocycles. The van der Waals surface area contributed by atoms with Crippen LogP contribution in [-0.4, -0.2) is 23.9 Å². The molecule has 0 heterocycles. The minimum absolute atomic E-state index is 0.151. The average Bonchev–Trinajstić information content (AvgIpc) is 2.27. The lowest BCUT2D eigenvalue weighted by Gasteiger charge is -2.06. The number of carbonyl (C=O) groups excluding carboxylic acids is 1. The number of benzene rings is 1. The molecule has 1 aromatic rings. The first-order valence-electron chi connectivity index (χ1n) is 4.66. The Balaban J connectivity index is 2.29. The highest BCUT2D eigenvalue weighted by Gasteiger charge is 2.11. The van der Waals surface area contributed by atoms with E-state index >= 15 is 0 Å². The fourth-order valence-corrected chi connectivity index (χ4v) is 1.04. The lowest BCUT2D eigenvalue weighted by atomic mass is 10.2. The Hall–Kier alpha value is -1.42. The van der Waals surface area contributed by atoms with E-state index in [4.69, 9.17) is 9.84 Å². The van der Waals surface area contributed by atoms with Crippen LogP contribution in [0.1, 0.15) is 12.0 Å². The Morgan fingerprint density at radius 1 is 1.40 bits per heavy atom.